The molecule has 1 saturated heterocycles. The summed E-state index contributed by atoms with van der Waals surface area (Å²) in [5.41, 5.74) is 0.919. The average molecular weight is 404 g/mol. The van der Waals surface area contributed by atoms with Crippen molar-refractivity contribution in [3.8, 4) is 0 Å². The van der Waals surface area contributed by atoms with E-state index in [4.69, 9.17) is 4.74 Å². The fraction of sp³-hybridized carbons (Fsp3) is 0.474. The number of thioether (sulfide) groups is 1. The first-order valence-corrected chi connectivity index (χ1v) is 10.4. The molecule has 2 aromatic rings. The van der Waals surface area contributed by atoms with Crippen molar-refractivity contribution >= 4 is 29.1 Å². The Morgan fingerprint density at radius 1 is 1.36 bits per heavy atom. The van der Waals surface area contributed by atoms with Crippen LogP contribution in [-0.2, 0) is 16.1 Å². The molecule has 0 bridgehead atoms. The minimum absolute atomic E-state index is 0.0146. The van der Waals surface area contributed by atoms with Crippen molar-refractivity contribution in [1.82, 2.24) is 14.8 Å². The molecule has 3 rings (SSSR count). The summed E-state index contributed by atoms with van der Waals surface area (Å²) in [6, 6.07) is 6.81. The zero-order chi connectivity index (χ0) is 19.9. The Bertz CT molecular complexity index is 869. The van der Waals surface area contributed by atoms with E-state index in [0.717, 1.165) is 19.3 Å². The highest BCUT2D eigenvalue weighted by molar-refractivity contribution is 7.99. The third-order valence-corrected chi connectivity index (χ3v) is 5.41. The highest BCUT2D eigenvalue weighted by Gasteiger charge is 2.20. The lowest BCUT2D eigenvalue weighted by Gasteiger charge is -2.10. The molecule has 1 unspecified atom stereocenters. The van der Waals surface area contributed by atoms with E-state index in [1.165, 1.54) is 16.3 Å². The molecule has 1 amide bonds. The quantitative estimate of drug-likeness (QED) is 0.491. The molecule has 1 aliphatic rings. The second kappa shape index (κ2) is 9.70. The van der Waals surface area contributed by atoms with Gasteiger partial charge < -0.3 is 10.1 Å². The molecule has 0 radical (unpaired) electrons. The lowest BCUT2D eigenvalue weighted by Crippen LogP contribution is -2.25. The number of anilines is 1. The second-order valence-electron chi connectivity index (χ2n) is 6.64. The predicted molar refractivity (Wildman–Crippen MR) is 107 cm³/mol. The first-order valence-electron chi connectivity index (χ1n) is 9.39. The number of amides is 1. The van der Waals surface area contributed by atoms with Crippen LogP contribution in [0, 0.1) is 0 Å². The van der Waals surface area contributed by atoms with Crippen molar-refractivity contribution in [3.05, 3.63) is 40.3 Å². The lowest BCUT2D eigenvalue weighted by atomic mass is 10.1. The summed E-state index contributed by atoms with van der Waals surface area (Å²) in [7, 11) is 0. The molecule has 0 spiro atoms. The Morgan fingerprint density at radius 3 is 2.82 bits per heavy atom. The van der Waals surface area contributed by atoms with Crippen LogP contribution >= 0.6 is 11.8 Å². The minimum atomic E-state index is -0.294. The third kappa shape index (κ3) is 5.32. The number of nitrogens with one attached hydrogen (secondary N) is 2. The highest BCUT2D eigenvalue weighted by atomic mass is 32.2. The summed E-state index contributed by atoms with van der Waals surface area (Å²) in [6.45, 7) is 3.10. The number of carbonyl (C=O) groups is 2. The largest absolute Gasteiger partial charge is 0.376 e. The van der Waals surface area contributed by atoms with E-state index < -0.39 is 0 Å². The highest BCUT2D eigenvalue weighted by Crippen LogP contribution is 2.20. The maximum atomic E-state index is 12.5. The number of nitrogens with zero attached hydrogens (tertiary/aromatic N) is 2. The van der Waals surface area contributed by atoms with E-state index in [1.807, 2.05) is 6.92 Å². The van der Waals surface area contributed by atoms with Crippen LogP contribution in [0.5, 0.6) is 0 Å². The van der Waals surface area contributed by atoms with Gasteiger partial charge in [-0.25, -0.2) is 9.89 Å². The van der Waals surface area contributed by atoms with Crippen LogP contribution in [0.25, 0.3) is 0 Å². The van der Waals surface area contributed by atoms with Gasteiger partial charge in [-0.3, -0.25) is 14.2 Å². The Balaban J connectivity index is 1.57. The average Bonchev–Trinajstić information content (AvgIpc) is 3.32. The Hall–Kier alpha value is -2.39. The van der Waals surface area contributed by atoms with Crippen molar-refractivity contribution in [1.29, 1.82) is 0 Å². The summed E-state index contributed by atoms with van der Waals surface area (Å²) in [5.74, 6) is 0.0487. The third-order valence-electron chi connectivity index (χ3n) is 4.43. The predicted octanol–water partition coefficient (Wildman–Crippen LogP) is 2.46. The van der Waals surface area contributed by atoms with Crippen LogP contribution < -0.4 is 11.0 Å². The number of hydrogen-bond acceptors (Lipinski definition) is 6. The van der Waals surface area contributed by atoms with Gasteiger partial charge in [-0.2, -0.15) is 0 Å². The number of aromatic nitrogens is 3. The molecule has 28 heavy (non-hydrogen) atoms. The van der Waals surface area contributed by atoms with Crippen LogP contribution in [-0.4, -0.2) is 44.9 Å². The fourth-order valence-electron chi connectivity index (χ4n) is 2.97. The van der Waals surface area contributed by atoms with Crippen molar-refractivity contribution in [2.24, 2.45) is 0 Å². The van der Waals surface area contributed by atoms with Crippen LogP contribution in [0.4, 0.5) is 5.69 Å². The molecule has 2 heterocycles. The maximum absolute atomic E-state index is 12.5. The van der Waals surface area contributed by atoms with E-state index in [9.17, 15) is 14.4 Å². The topological polar surface area (TPSA) is 106 Å². The molecule has 1 aromatic carbocycles. The van der Waals surface area contributed by atoms with Gasteiger partial charge >= 0.3 is 5.69 Å². The van der Waals surface area contributed by atoms with Crippen LogP contribution in [0.1, 0.15) is 43.0 Å². The number of ether oxygens (including phenoxy) is 1. The molecular weight excluding hydrogens is 380 g/mol. The van der Waals surface area contributed by atoms with Gasteiger partial charge in [0.25, 0.3) is 0 Å². The number of benzene rings is 1. The Morgan fingerprint density at radius 2 is 2.14 bits per heavy atom. The summed E-state index contributed by atoms with van der Waals surface area (Å²) >= 11 is 1.22. The van der Waals surface area contributed by atoms with Crippen LogP contribution in [0.2, 0.25) is 0 Å². The van der Waals surface area contributed by atoms with E-state index >= 15 is 0 Å². The zero-order valence-corrected chi connectivity index (χ0v) is 16.6. The number of H-pyrrole nitrogens is 1. The van der Waals surface area contributed by atoms with Gasteiger partial charge in [0.15, 0.2) is 10.9 Å². The van der Waals surface area contributed by atoms with Gasteiger partial charge in [0.2, 0.25) is 5.91 Å². The monoisotopic (exact) mass is 404 g/mol. The van der Waals surface area contributed by atoms with Crippen LogP contribution in [0.15, 0.2) is 34.2 Å². The normalized spacial score (nSPS) is 16.2. The van der Waals surface area contributed by atoms with Gasteiger partial charge in [0.05, 0.1) is 18.4 Å². The number of carbonyl (C=O) groups excluding carboxylic acids is 2. The first-order chi connectivity index (χ1) is 13.6. The number of rotatable bonds is 9. The molecular formula is C19H24N4O4S. The fourth-order valence-corrected chi connectivity index (χ4v) is 3.82. The second-order valence-corrected chi connectivity index (χ2v) is 7.59. The van der Waals surface area contributed by atoms with Gasteiger partial charge in [-0.1, -0.05) is 18.7 Å². The molecule has 0 aliphatic carbocycles. The smallest absolute Gasteiger partial charge is 0.344 e. The Kier molecular flexibility index (Phi) is 7.05. The molecule has 0 saturated carbocycles. The minimum Gasteiger partial charge on any atom is -0.376 e. The number of hydrogen-bond donors (Lipinski definition) is 2. The van der Waals surface area contributed by atoms with E-state index in [1.54, 1.807) is 24.3 Å². The van der Waals surface area contributed by atoms with E-state index in [0.29, 0.717) is 36.0 Å². The zero-order valence-electron chi connectivity index (χ0n) is 15.8. The van der Waals surface area contributed by atoms with Gasteiger partial charge in [0.1, 0.15) is 0 Å². The molecule has 1 fully saturated rings. The molecule has 1 aliphatic heterocycles. The molecule has 2 N–H and O–H groups in total. The summed E-state index contributed by atoms with van der Waals surface area (Å²) < 4.78 is 7.11. The van der Waals surface area contributed by atoms with Crippen molar-refractivity contribution < 1.29 is 14.3 Å². The van der Waals surface area contributed by atoms with Gasteiger partial charge in [-0.15, -0.1) is 5.10 Å². The summed E-state index contributed by atoms with van der Waals surface area (Å²) in [6.07, 6.45) is 3.18. The van der Waals surface area contributed by atoms with Crippen molar-refractivity contribution in [2.45, 2.75) is 50.4 Å². The lowest BCUT2D eigenvalue weighted by molar-refractivity contribution is -0.116. The van der Waals surface area contributed by atoms with E-state index in [2.05, 4.69) is 15.5 Å². The number of ketones is 1. The first kappa shape index (κ1) is 20.3. The van der Waals surface area contributed by atoms with E-state index in [-0.39, 0.29) is 29.2 Å². The molecule has 150 valence electrons. The van der Waals surface area contributed by atoms with Gasteiger partial charge in [0, 0.05) is 24.3 Å². The molecule has 9 heteroatoms. The molecule has 1 atom stereocenters. The van der Waals surface area contributed by atoms with Crippen LogP contribution in [0.3, 0.4) is 0 Å². The number of aromatic amines is 1. The summed E-state index contributed by atoms with van der Waals surface area (Å²) in [4.78, 5) is 36.0. The van der Waals surface area contributed by atoms with Gasteiger partial charge in [-0.05, 0) is 43.5 Å². The molecule has 1 aromatic heterocycles. The SMILES string of the molecule is CCCC(=O)Nc1ccc(C(=O)CSc2n[nH]c(=O)n2CC2CCCO2)cc1. The van der Waals surface area contributed by atoms with Crippen molar-refractivity contribution in [2.75, 3.05) is 17.7 Å². The number of Topliss-reactive ketones (excluding diaryl/α,β-unsaturated/α-hetero) is 1. The Labute approximate surface area is 167 Å². The summed E-state index contributed by atoms with van der Waals surface area (Å²) in [5, 5.41) is 9.74. The standard InChI is InChI=1S/C19H24N4O4S/c1-2-4-17(25)20-14-8-6-13(7-9-14)16(24)12-28-19-22-21-18(26)23(19)11-15-5-3-10-27-15/h6-9,15H,2-5,10-12H2,1H3,(H,20,25)(H,21,26). The van der Waals surface area contributed by atoms with Crippen molar-refractivity contribution in [3.63, 3.8) is 0 Å². The maximum Gasteiger partial charge on any atom is 0.344 e. The molecule has 8 nitrogen and oxygen atoms in total.